The van der Waals surface area contributed by atoms with Crippen LogP contribution in [0.2, 0.25) is 0 Å². The Morgan fingerprint density at radius 2 is 1.88 bits per heavy atom. The number of nitrogens with zero attached hydrogens (tertiary/aromatic N) is 5. The minimum atomic E-state index is -0.0122. The van der Waals surface area contributed by atoms with Gasteiger partial charge in [-0.3, -0.25) is 4.79 Å². The average Bonchev–Trinajstić information content (AvgIpc) is 2.85. The van der Waals surface area contributed by atoms with Gasteiger partial charge in [0.2, 0.25) is 0 Å². The number of amides is 1. The number of benzene rings is 1. The van der Waals surface area contributed by atoms with Crippen molar-refractivity contribution < 1.29 is 4.79 Å². The summed E-state index contributed by atoms with van der Waals surface area (Å²) in [5.41, 5.74) is 2.73. The molecule has 0 atom stereocenters. The zero-order valence-electron chi connectivity index (χ0n) is 15.7. The first kappa shape index (κ1) is 18.0. The molecule has 0 saturated heterocycles. The van der Waals surface area contributed by atoms with Crippen molar-refractivity contribution in [2.75, 3.05) is 19.0 Å². The summed E-state index contributed by atoms with van der Waals surface area (Å²) in [6, 6.07) is 6.32. The minimum absolute atomic E-state index is 0.0122. The number of aryl methyl sites for hydroxylation is 2. The van der Waals surface area contributed by atoms with Crippen molar-refractivity contribution in [3.05, 3.63) is 41.0 Å². The molecule has 6 heteroatoms. The molecule has 6 nitrogen and oxygen atoms in total. The van der Waals surface area contributed by atoms with Crippen LogP contribution in [-0.2, 0) is 13.6 Å². The largest absolute Gasteiger partial charge is 0.372 e. The zero-order valence-corrected chi connectivity index (χ0v) is 15.7. The molecule has 2 aromatic rings. The topological polar surface area (TPSA) is 54.3 Å². The molecule has 0 saturated carbocycles. The fourth-order valence-electron chi connectivity index (χ4n) is 2.49. The Labute approximate surface area is 144 Å². The summed E-state index contributed by atoms with van der Waals surface area (Å²) in [7, 11) is 5.72. The second-order valence-electron chi connectivity index (χ2n) is 6.61. The number of rotatable bonds is 5. The van der Waals surface area contributed by atoms with Crippen LogP contribution in [0.15, 0.2) is 18.2 Å². The second kappa shape index (κ2) is 7.03. The van der Waals surface area contributed by atoms with Crippen LogP contribution in [0.4, 0.5) is 5.69 Å². The third-order valence-corrected chi connectivity index (χ3v) is 4.45. The van der Waals surface area contributed by atoms with E-state index in [1.807, 2.05) is 50.7 Å². The lowest BCUT2D eigenvalue weighted by atomic mass is 10.1. The van der Waals surface area contributed by atoms with Crippen LogP contribution in [0.1, 0.15) is 41.4 Å². The molecule has 0 radical (unpaired) electrons. The molecule has 0 bridgehead atoms. The van der Waals surface area contributed by atoms with E-state index >= 15 is 0 Å². The van der Waals surface area contributed by atoms with Crippen molar-refractivity contribution in [2.45, 2.75) is 40.3 Å². The number of hydrogen-bond donors (Lipinski definition) is 0. The molecule has 0 aliphatic rings. The molecule has 24 heavy (non-hydrogen) atoms. The van der Waals surface area contributed by atoms with E-state index in [9.17, 15) is 4.79 Å². The van der Waals surface area contributed by atoms with Gasteiger partial charge in [-0.2, -0.15) is 0 Å². The number of aromatic nitrogens is 3. The molecule has 1 amide bonds. The van der Waals surface area contributed by atoms with Crippen LogP contribution in [-0.4, -0.2) is 45.7 Å². The van der Waals surface area contributed by atoms with E-state index in [0.29, 0.717) is 18.2 Å². The number of carbonyl (C=O) groups is 1. The predicted molar refractivity (Wildman–Crippen MR) is 96.3 cm³/mol. The van der Waals surface area contributed by atoms with Gasteiger partial charge in [0.25, 0.3) is 5.91 Å². The summed E-state index contributed by atoms with van der Waals surface area (Å²) < 4.78 is 1.90. The fraction of sp³-hybridized carbons (Fsp3) is 0.500. The highest BCUT2D eigenvalue weighted by molar-refractivity contribution is 5.99. The highest BCUT2D eigenvalue weighted by Gasteiger charge is 2.21. The fourth-order valence-corrected chi connectivity index (χ4v) is 2.49. The lowest BCUT2D eigenvalue weighted by molar-refractivity contribution is 0.0781. The highest BCUT2D eigenvalue weighted by Crippen LogP contribution is 2.24. The quantitative estimate of drug-likeness (QED) is 0.846. The molecule has 1 aromatic carbocycles. The normalized spacial score (nSPS) is 11.0. The van der Waals surface area contributed by atoms with E-state index in [1.54, 1.807) is 11.9 Å². The van der Waals surface area contributed by atoms with Crippen molar-refractivity contribution in [2.24, 2.45) is 7.05 Å². The molecular weight excluding hydrogens is 302 g/mol. The summed E-state index contributed by atoms with van der Waals surface area (Å²) in [6.45, 7) is 8.55. The summed E-state index contributed by atoms with van der Waals surface area (Å²) in [5.74, 6) is 1.60. The molecule has 2 rings (SSSR count). The van der Waals surface area contributed by atoms with E-state index < -0.39 is 0 Å². The summed E-state index contributed by atoms with van der Waals surface area (Å²) in [4.78, 5) is 16.8. The molecule has 0 aliphatic heterocycles. The molecule has 1 aromatic heterocycles. The van der Waals surface area contributed by atoms with Gasteiger partial charge in [-0.05, 0) is 39.8 Å². The molecular formula is C18H27N5O. The lowest BCUT2D eigenvalue weighted by Crippen LogP contribution is -2.32. The van der Waals surface area contributed by atoms with E-state index in [0.717, 1.165) is 22.9 Å². The van der Waals surface area contributed by atoms with Crippen LogP contribution in [0.5, 0.6) is 0 Å². The minimum Gasteiger partial charge on any atom is -0.372 e. The van der Waals surface area contributed by atoms with Crippen LogP contribution < -0.4 is 4.90 Å². The maximum atomic E-state index is 13.0. The lowest BCUT2D eigenvalue weighted by Gasteiger charge is -2.27. The third-order valence-electron chi connectivity index (χ3n) is 4.45. The van der Waals surface area contributed by atoms with Crippen molar-refractivity contribution in [1.82, 2.24) is 19.7 Å². The van der Waals surface area contributed by atoms with Gasteiger partial charge in [0.15, 0.2) is 5.82 Å². The Bertz CT molecular complexity index is 735. The van der Waals surface area contributed by atoms with Crippen molar-refractivity contribution in [1.29, 1.82) is 0 Å². The molecule has 0 aliphatic carbocycles. The standard InChI is InChI=1S/C18H27N5O/c1-12(2)22(6)16-9-8-13(3)10-15(16)18(24)21(5)11-17-20-19-14(4)23(17)7/h8-10,12H,11H2,1-7H3. The first-order valence-electron chi connectivity index (χ1n) is 8.16. The molecule has 130 valence electrons. The first-order chi connectivity index (χ1) is 11.2. The SMILES string of the molecule is Cc1ccc(N(C)C(C)C)c(C(=O)N(C)Cc2nnc(C)n2C)c1. The van der Waals surface area contributed by atoms with Crippen LogP contribution in [0, 0.1) is 13.8 Å². The number of hydrogen-bond acceptors (Lipinski definition) is 4. The van der Waals surface area contributed by atoms with E-state index in [-0.39, 0.29) is 5.91 Å². The van der Waals surface area contributed by atoms with Gasteiger partial charge in [0.1, 0.15) is 5.82 Å². The maximum Gasteiger partial charge on any atom is 0.256 e. The van der Waals surface area contributed by atoms with E-state index in [2.05, 4.69) is 28.9 Å². The van der Waals surface area contributed by atoms with Crippen molar-refractivity contribution in [3.63, 3.8) is 0 Å². The average molecular weight is 329 g/mol. The zero-order chi connectivity index (χ0) is 18.0. The van der Waals surface area contributed by atoms with Gasteiger partial charge in [-0.1, -0.05) is 11.6 Å². The number of carbonyl (C=O) groups excluding carboxylic acids is 1. The van der Waals surface area contributed by atoms with Gasteiger partial charge in [0.05, 0.1) is 12.1 Å². The van der Waals surface area contributed by atoms with E-state index in [4.69, 9.17) is 0 Å². The van der Waals surface area contributed by atoms with Crippen molar-refractivity contribution >= 4 is 11.6 Å². The Morgan fingerprint density at radius 3 is 2.42 bits per heavy atom. The van der Waals surface area contributed by atoms with Gasteiger partial charge < -0.3 is 14.4 Å². The molecule has 1 heterocycles. The van der Waals surface area contributed by atoms with Gasteiger partial charge in [0, 0.05) is 32.9 Å². The Hall–Kier alpha value is -2.37. The van der Waals surface area contributed by atoms with Crippen molar-refractivity contribution in [3.8, 4) is 0 Å². The first-order valence-corrected chi connectivity index (χ1v) is 8.16. The Kier molecular flexibility index (Phi) is 5.26. The Morgan fingerprint density at radius 1 is 1.21 bits per heavy atom. The monoisotopic (exact) mass is 329 g/mol. The molecule has 0 N–H and O–H groups in total. The van der Waals surface area contributed by atoms with Crippen LogP contribution in [0.25, 0.3) is 0 Å². The van der Waals surface area contributed by atoms with Gasteiger partial charge >= 0.3 is 0 Å². The smallest absolute Gasteiger partial charge is 0.256 e. The maximum absolute atomic E-state index is 13.0. The second-order valence-corrected chi connectivity index (χ2v) is 6.61. The van der Waals surface area contributed by atoms with Gasteiger partial charge in [-0.25, -0.2) is 0 Å². The molecule has 0 unspecified atom stereocenters. The summed E-state index contributed by atoms with van der Waals surface area (Å²) in [5, 5.41) is 8.19. The number of anilines is 1. The summed E-state index contributed by atoms with van der Waals surface area (Å²) in [6.07, 6.45) is 0. The Balaban J connectivity index is 2.31. The molecule has 0 fully saturated rings. The molecule has 0 spiro atoms. The summed E-state index contributed by atoms with van der Waals surface area (Å²) >= 11 is 0. The highest BCUT2D eigenvalue weighted by atomic mass is 16.2. The van der Waals surface area contributed by atoms with Crippen LogP contribution >= 0.6 is 0 Å². The van der Waals surface area contributed by atoms with Crippen LogP contribution in [0.3, 0.4) is 0 Å². The third kappa shape index (κ3) is 3.58. The van der Waals surface area contributed by atoms with Gasteiger partial charge in [-0.15, -0.1) is 10.2 Å². The van der Waals surface area contributed by atoms with E-state index in [1.165, 1.54) is 0 Å². The predicted octanol–water partition coefficient (Wildman–Crippen LogP) is 2.55.